The van der Waals surface area contributed by atoms with E-state index in [0.717, 1.165) is 6.42 Å². The maximum atomic E-state index is 2.41. The molecule has 8 rings (SSSR count). The summed E-state index contributed by atoms with van der Waals surface area (Å²) in [5.41, 5.74) is 6.55. The molecule has 0 fully saturated rings. The van der Waals surface area contributed by atoms with Crippen LogP contribution in [0.4, 0.5) is 0 Å². The van der Waals surface area contributed by atoms with E-state index < -0.39 is 0 Å². The van der Waals surface area contributed by atoms with Crippen LogP contribution in [0, 0.1) is 0 Å². The topological polar surface area (TPSA) is 0 Å². The summed E-state index contributed by atoms with van der Waals surface area (Å²) in [7, 11) is 0. The average Bonchev–Trinajstić information content (AvgIpc) is 3.69. The van der Waals surface area contributed by atoms with Crippen molar-refractivity contribution >= 4 is 59.6 Å². The lowest BCUT2D eigenvalue weighted by Crippen LogP contribution is -1.89. The molecule has 0 N–H and O–H groups in total. The Morgan fingerprint density at radius 3 is 2.02 bits per heavy atom. The molecule has 190 valence electrons. The lowest BCUT2D eigenvalue weighted by molar-refractivity contribution is 0.991. The molecule has 1 aliphatic rings. The standard InChI is InChI=1S/C38H26S2/c1-3-7-33-26(5-1)11-18-31-23-30(19-20-34(31)33)25-9-12-27(13-10-25)36-21-22-37(39-36)28-14-16-29(17-15-28)38-24-32-6-2-4-8-35(32)40-38/h1-20,22-24,36H,21H2. The van der Waals surface area contributed by atoms with Gasteiger partial charge < -0.3 is 0 Å². The van der Waals surface area contributed by atoms with Crippen LogP contribution in [0.1, 0.15) is 22.8 Å². The van der Waals surface area contributed by atoms with E-state index in [1.165, 1.54) is 69.2 Å². The zero-order valence-corrected chi connectivity index (χ0v) is 23.5. The Bertz CT molecular complexity index is 2010. The summed E-state index contributed by atoms with van der Waals surface area (Å²) in [5.74, 6) is 0. The fourth-order valence-electron chi connectivity index (χ4n) is 5.86. The first kappa shape index (κ1) is 23.7. The Labute approximate surface area is 242 Å². The first-order valence-electron chi connectivity index (χ1n) is 13.8. The molecule has 7 aromatic rings. The SMILES string of the molecule is C1=C(c2ccc(-c3cc4ccccc4s3)cc2)SC(c2ccc(-c3ccc4c(ccc5ccccc54)c3)cc2)C1. The monoisotopic (exact) mass is 546 g/mol. The first-order valence-corrected chi connectivity index (χ1v) is 15.5. The van der Waals surface area contributed by atoms with Gasteiger partial charge in [-0.3, -0.25) is 0 Å². The van der Waals surface area contributed by atoms with Crippen LogP contribution in [0.2, 0.25) is 0 Å². The summed E-state index contributed by atoms with van der Waals surface area (Å²) in [4.78, 5) is 2.72. The van der Waals surface area contributed by atoms with Gasteiger partial charge in [0.1, 0.15) is 0 Å². The zero-order chi connectivity index (χ0) is 26.5. The maximum Gasteiger partial charge on any atom is 0.0379 e. The van der Waals surface area contributed by atoms with Gasteiger partial charge in [-0.1, -0.05) is 121 Å². The fraction of sp³-hybridized carbons (Fsp3) is 0.0526. The van der Waals surface area contributed by atoms with Crippen molar-refractivity contribution in [2.45, 2.75) is 11.7 Å². The van der Waals surface area contributed by atoms with Gasteiger partial charge in [-0.2, -0.15) is 0 Å². The molecule has 0 amide bonds. The second kappa shape index (κ2) is 9.82. The Balaban J connectivity index is 0.985. The highest BCUT2D eigenvalue weighted by molar-refractivity contribution is 8.08. The van der Waals surface area contributed by atoms with E-state index in [9.17, 15) is 0 Å². The largest absolute Gasteiger partial charge is 0.135 e. The van der Waals surface area contributed by atoms with Crippen LogP contribution >= 0.6 is 23.1 Å². The van der Waals surface area contributed by atoms with Gasteiger partial charge in [0.05, 0.1) is 0 Å². The first-order chi connectivity index (χ1) is 19.8. The highest BCUT2D eigenvalue weighted by atomic mass is 32.2. The van der Waals surface area contributed by atoms with Crippen molar-refractivity contribution in [3.8, 4) is 21.6 Å². The van der Waals surface area contributed by atoms with Crippen molar-refractivity contribution in [2.75, 3.05) is 0 Å². The summed E-state index contributed by atoms with van der Waals surface area (Å²) in [6.45, 7) is 0. The molecule has 0 spiro atoms. The molecule has 1 atom stereocenters. The molecule has 0 saturated heterocycles. The van der Waals surface area contributed by atoms with E-state index in [0.29, 0.717) is 5.25 Å². The van der Waals surface area contributed by atoms with Crippen LogP contribution in [0.15, 0.2) is 140 Å². The van der Waals surface area contributed by atoms with Gasteiger partial charge in [-0.05, 0) is 79.4 Å². The van der Waals surface area contributed by atoms with Gasteiger partial charge in [0.15, 0.2) is 0 Å². The molecule has 40 heavy (non-hydrogen) atoms. The smallest absolute Gasteiger partial charge is 0.0379 e. The van der Waals surface area contributed by atoms with Crippen LogP contribution < -0.4 is 0 Å². The van der Waals surface area contributed by atoms with E-state index >= 15 is 0 Å². The lowest BCUT2D eigenvalue weighted by Gasteiger charge is -2.12. The molecule has 0 nitrogen and oxygen atoms in total. The minimum atomic E-state index is 0.467. The Morgan fingerprint density at radius 2 is 1.18 bits per heavy atom. The lowest BCUT2D eigenvalue weighted by atomic mass is 9.96. The molecule has 0 aliphatic carbocycles. The van der Waals surface area contributed by atoms with Crippen LogP contribution in [-0.4, -0.2) is 0 Å². The van der Waals surface area contributed by atoms with Crippen LogP contribution in [-0.2, 0) is 0 Å². The van der Waals surface area contributed by atoms with Crippen molar-refractivity contribution in [2.24, 2.45) is 0 Å². The van der Waals surface area contributed by atoms with Crippen molar-refractivity contribution in [3.63, 3.8) is 0 Å². The Hall–Kier alpha value is -4.11. The predicted octanol–water partition coefficient (Wildman–Crippen LogP) is 11.8. The third-order valence-corrected chi connectivity index (χ3v) is 10.6. The molecule has 1 aromatic heterocycles. The van der Waals surface area contributed by atoms with E-state index in [-0.39, 0.29) is 0 Å². The molecular formula is C38H26S2. The summed E-state index contributed by atoms with van der Waals surface area (Å²) in [6.07, 6.45) is 3.48. The van der Waals surface area contributed by atoms with Gasteiger partial charge in [-0.15, -0.1) is 23.1 Å². The van der Waals surface area contributed by atoms with Crippen molar-refractivity contribution in [1.82, 2.24) is 0 Å². The van der Waals surface area contributed by atoms with Gasteiger partial charge in [0, 0.05) is 19.7 Å². The van der Waals surface area contributed by atoms with Crippen LogP contribution in [0.5, 0.6) is 0 Å². The number of thiophene rings is 1. The molecule has 1 unspecified atom stereocenters. The van der Waals surface area contributed by atoms with Crippen LogP contribution in [0.3, 0.4) is 0 Å². The molecule has 1 aliphatic heterocycles. The number of rotatable bonds is 4. The fourth-order valence-corrected chi connectivity index (χ4v) is 8.18. The second-order valence-electron chi connectivity index (χ2n) is 10.5. The third kappa shape index (κ3) is 4.25. The maximum absolute atomic E-state index is 2.41. The molecule has 0 bridgehead atoms. The quantitative estimate of drug-likeness (QED) is 0.198. The molecule has 2 heterocycles. The van der Waals surface area contributed by atoms with E-state index in [2.05, 4.69) is 140 Å². The summed E-state index contributed by atoms with van der Waals surface area (Å²) in [5, 5.41) is 7.01. The van der Waals surface area contributed by atoms with Gasteiger partial charge in [0.2, 0.25) is 0 Å². The number of benzene rings is 6. The van der Waals surface area contributed by atoms with E-state index in [4.69, 9.17) is 0 Å². The van der Waals surface area contributed by atoms with Gasteiger partial charge in [0.25, 0.3) is 0 Å². The summed E-state index contributed by atoms with van der Waals surface area (Å²) in [6, 6.07) is 49.2. The highest BCUT2D eigenvalue weighted by Crippen LogP contribution is 2.48. The molecular weight excluding hydrogens is 521 g/mol. The number of thioether (sulfide) groups is 1. The third-order valence-electron chi connectivity index (χ3n) is 8.03. The highest BCUT2D eigenvalue weighted by Gasteiger charge is 2.21. The van der Waals surface area contributed by atoms with E-state index in [1.807, 2.05) is 23.1 Å². The van der Waals surface area contributed by atoms with Crippen molar-refractivity contribution < 1.29 is 0 Å². The average molecular weight is 547 g/mol. The van der Waals surface area contributed by atoms with Crippen molar-refractivity contribution in [1.29, 1.82) is 0 Å². The van der Waals surface area contributed by atoms with Gasteiger partial charge in [-0.25, -0.2) is 0 Å². The van der Waals surface area contributed by atoms with Crippen LogP contribution in [0.25, 0.3) is 58.1 Å². The molecule has 0 radical (unpaired) electrons. The molecule has 6 aromatic carbocycles. The predicted molar refractivity (Wildman–Crippen MR) is 177 cm³/mol. The second-order valence-corrected chi connectivity index (χ2v) is 12.8. The molecule has 0 saturated carbocycles. The van der Waals surface area contributed by atoms with Crippen molar-refractivity contribution in [3.05, 3.63) is 151 Å². The Morgan fingerprint density at radius 1 is 0.500 bits per heavy atom. The molecule has 2 heteroatoms. The number of hydrogen-bond acceptors (Lipinski definition) is 2. The normalized spacial score (nSPS) is 15.2. The number of allylic oxidation sites excluding steroid dienone is 1. The Kier molecular flexibility index (Phi) is 5.83. The van der Waals surface area contributed by atoms with E-state index in [1.54, 1.807) is 0 Å². The summed E-state index contributed by atoms with van der Waals surface area (Å²) >= 11 is 3.86. The minimum absolute atomic E-state index is 0.467. The zero-order valence-electron chi connectivity index (χ0n) is 21.9. The number of fused-ring (bicyclic) bond motifs is 4. The summed E-state index contributed by atoms with van der Waals surface area (Å²) < 4.78 is 1.35. The van der Waals surface area contributed by atoms with Gasteiger partial charge >= 0.3 is 0 Å². The minimum Gasteiger partial charge on any atom is -0.135 e. The number of hydrogen-bond donors (Lipinski definition) is 0.